The molecule has 0 saturated heterocycles. The van der Waals surface area contributed by atoms with Crippen molar-refractivity contribution in [2.45, 2.75) is 13.3 Å². The largest absolute Gasteiger partial charge is 0.349 e. The van der Waals surface area contributed by atoms with Crippen LogP contribution in [-0.2, 0) is 0 Å². The van der Waals surface area contributed by atoms with Gasteiger partial charge in [0.1, 0.15) is 11.7 Å². The van der Waals surface area contributed by atoms with E-state index in [4.69, 9.17) is 0 Å². The van der Waals surface area contributed by atoms with Crippen molar-refractivity contribution in [1.82, 2.24) is 4.90 Å². The average molecular weight is 340 g/mol. The lowest BCUT2D eigenvalue weighted by atomic mass is 9.94. The summed E-state index contributed by atoms with van der Waals surface area (Å²) in [5, 5.41) is 2.58. The van der Waals surface area contributed by atoms with E-state index in [1.807, 2.05) is 19.1 Å². The van der Waals surface area contributed by atoms with Gasteiger partial charge in [0.05, 0.1) is 11.6 Å². The Balaban J connectivity index is 1.88. The summed E-state index contributed by atoms with van der Waals surface area (Å²) in [5.74, 6) is -0.387. The standard InChI is InChI=1S/C18H17FN4O2/c1-2-11-23-16(14-5-3-4-6-15(14)21-18(23)25)22-17(24)20-13-9-7-12(19)8-10-13/h3-10,14H,2,11H2,1H3,(H,20,24)/b22-16-. The Bertz CT molecular complexity index is 809. The fourth-order valence-corrected chi connectivity index (χ4v) is 2.65. The highest BCUT2D eigenvalue weighted by molar-refractivity contribution is 6.24. The van der Waals surface area contributed by atoms with Crippen LogP contribution in [-0.4, -0.2) is 35.1 Å². The minimum absolute atomic E-state index is 0.340. The molecule has 6 nitrogen and oxygen atoms in total. The number of carbonyl (C=O) groups is 2. The monoisotopic (exact) mass is 340 g/mol. The smallest absolute Gasteiger partial charge is 0.306 e. The van der Waals surface area contributed by atoms with E-state index in [9.17, 15) is 14.0 Å². The maximum atomic E-state index is 12.9. The summed E-state index contributed by atoms with van der Waals surface area (Å²) < 4.78 is 12.9. The fraction of sp³-hybridized carbons (Fsp3) is 0.222. The van der Waals surface area contributed by atoms with Crippen molar-refractivity contribution in [3.63, 3.8) is 0 Å². The summed E-state index contributed by atoms with van der Waals surface area (Å²) in [6.07, 6.45) is 7.91. The Hall–Kier alpha value is -3.09. The number of nitrogens with zero attached hydrogens (tertiary/aromatic N) is 3. The molecule has 0 saturated carbocycles. The zero-order chi connectivity index (χ0) is 17.8. The molecule has 1 atom stereocenters. The van der Waals surface area contributed by atoms with Gasteiger partial charge in [0.25, 0.3) is 0 Å². The van der Waals surface area contributed by atoms with Gasteiger partial charge in [0.15, 0.2) is 0 Å². The van der Waals surface area contributed by atoms with Crippen molar-refractivity contribution in [2.24, 2.45) is 15.9 Å². The number of aliphatic imine (C=N–C) groups is 2. The lowest BCUT2D eigenvalue weighted by Gasteiger charge is -2.31. The molecule has 1 aliphatic carbocycles. The Morgan fingerprint density at radius 2 is 2.08 bits per heavy atom. The number of carbonyl (C=O) groups excluding carboxylic acids is 2. The van der Waals surface area contributed by atoms with E-state index in [1.165, 1.54) is 29.2 Å². The minimum Gasteiger partial charge on any atom is -0.306 e. The maximum absolute atomic E-state index is 12.9. The first-order valence-electron chi connectivity index (χ1n) is 7.98. The van der Waals surface area contributed by atoms with Crippen LogP contribution in [0.15, 0.2) is 58.6 Å². The Morgan fingerprint density at radius 3 is 2.80 bits per heavy atom. The first kappa shape index (κ1) is 16.8. The first-order valence-corrected chi connectivity index (χ1v) is 7.98. The number of amides is 4. The number of fused-ring (bicyclic) bond motifs is 1. The van der Waals surface area contributed by atoms with Crippen molar-refractivity contribution in [2.75, 3.05) is 11.9 Å². The van der Waals surface area contributed by atoms with Gasteiger partial charge in [-0.3, -0.25) is 4.90 Å². The van der Waals surface area contributed by atoms with Crippen molar-refractivity contribution < 1.29 is 14.0 Å². The van der Waals surface area contributed by atoms with Gasteiger partial charge in [-0.1, -0.05) is 25.2 Å². The maximum Gasteiger partial charge on any atom is 0.349 e. The molecule has 1 heterocycles. The highest BCUT2D eigenvalue weighted by Gasteiger charge is 2.33. The number of hydrogen-bond donors (Lipinski definition) is 1. The van der Waals surface area contributed by atoms with Crippen LogP contribution >= 0.6 is 0 Å². The molecule has 1 aliphatic heterocycles. The van der Waals surface area contributed by atoms with Crippen LogP contribution in [0.25, 0.3) is 0 Å². The number of rotatable bonds is 3. The van der Waals surface area contributed by atoms with Crippen LogP contribution in [0.5, 0.6) is 0 Å². The summed E-state index contributed by atoms with van der Waals surface area (Å²) in [4.78, 5) is 34.1. The van der Waals surface area contributed by atoms with Gasteiger partial charge >= 0.3 is 12.1 Å². The van der Waals surface area contributed by atoms with Crippen molar-refractivity contribution in [3.8, 4) is 0 Å². The molecule has 0 bridgehead atoms. The van der Waals surface area contributed by atoms with E-state index < -0.39 is 17.9 Å². The number of anilines is 1. The van der Waals surface area contributed by atoms with Gasteiger partial charge in [-0.25, -0.2) is 14.0 Å². The number of allylic oxidation sites excluding steroid dienone is 3. The molecule has 2 aliphatic rings. The Kier molecular flexibility index (Phi) is 4.83. The highest BCUT2D eigenvalue weighted by atomic mass is 19.1. The van der Waals surface area contributed by atoms with Gasteiger partial charge in [0.2, 0.25) is 0 Å². The number of benzene rings is 1. The normalized spacial score (nSPS) is 20.5. The Morgan fingerprint density at radius 1 is 1.32 bits per heavy atom. The second kappa shape index (κ2) is 7.21. The zero-order valence-corrected chi connectivity index (χ0v) is 13.6. The number of urea groups is 2. The van der Waals surface area contributed by atoms with Crippen molar-refractivity contribution >= 4 is 29.3 Å². The van der Waals surface area contributed by atoms with Crippen LogP contribution in [0.3, 0.4) is 0 Å². The molecule has 0 fully saturated rings. The minimum atomic E-state index is -0.625. The SMILES string of the molecule is CCCN1C(=O)N=C2C=CC=CC2/C1=N/C(=O)Nc1ccc(F)cc1. The molecule has 25 heavy (non-hydrogen) atoms. The molecule has 128 valence electrons. The molecule has 1 aromatic rings. The predicted octanol–water partition coefficient (Wildman–Crippen LogP) is 3.78. The van der Waals surface area contributed by atoms with Crippen molar-refractivity contribution in [1.29, 1.82) is 0 Å². The lowest BCUT2D eigenvalue weighted by molar-refractivity contribution is 0.228. The summed E-state index contributed by atoms with van der Waals surface area (Å²) >= 11 is 0. The molecular weight excluding hydrogens is 323 g/mol. The van der Waals surface area contributed by atoms with E-state index >= 15 is 0 Å². The van der Waals surface area contributed by atoms with Crippen LogP contribution in [0.2, 0.25) is 0 Å². The molecule has 1 aromatic carbocycles. The second-order valence-corrected chi connectivity index (χ2v) is 5.60. The van der Waals surface area contributed by atoms with Gasteiger partial charge in [-0.2, -0.15) is 9.98 Å². The van der Waals surface area contributed by atoms with Gasteiger partial charge in [0, 0.05) is 12.2 Å². The number of halogens is 1. The van der Waals surface area contributed by atoms with Crippen LogP contribution in [0, 0.1) is 11.7 Å². The summed E-state index contributed by atoms with van der Waals surface area (Å²) in [6, 6.07) is 4.32. The van der Waals surface area contributed by atoms with Gasteiger partial charge in [-0.05, 0) is 36.8 Å². The third kappa shape index (κ3) is 3.71. The van der Waals surface area contributed by atoms with E-state index in [0.717, 1.165) is 0 Å². The van der Waals surface area contributed by atoms with Gasteiger partial charge < -0.3 is 5.32 Å². The third-order valence-corrected chi connectivity index (χ3v) is 3.77. The molecular formula is C18H17FN4O2. The molecule has 0 spiro atoms. The Labute approximate surface area is 144 Å². The first-order chi connectivity index (χ1) is 12.1. The summed E-state index contributed by atoms with van der Waals surface area (Å²) in [7, 11) is 0. The molecule has 1 N–H and O–H groups in total. The summed E-state index contributed by atoms with van der Waals surface area (Å²) in [6.45, 7) is 2.35. The van der Waals surface area contributed by atoms with Gasteiger partial charge in [-0.15, -0.1) is 0 Å². The molecule has 3 rings (SSSR count). The summed E-state index contributed by atoms with van der Waals surface area (Å²) in [5.41, 5.74) is 0.987. The topological polar surface area (TPSA) is 74.1 Å². The van der Waals surface area contributed by atoms with Crippen molar-refractivity contribution in [3.05, 3.63) is 54.4 Å². The quantitative estimate of drug-likeness (QED) is 0.909. The average Bonchev–Trinajstić information content (AvgIpc) is 2.60. The van der Waals surface area contributed by atoms with E-state index in [-0.39, 0.29) is 5.92 Å². The molecule has 1 unspecified atom stereocenters. The van der Waals surface area contributed by atoms with E-state index in [0.29, 0.717) is 30.2 Å². The molecule has 0 radical (unpaired) electrons. The fourth-order valence-electron chi connectivity index (χ4n) is 2.65. The van der Waals surface area contributed by atoms with Crippen LogP contribution in [0.1, 0.15) is 13.3 Å². The predicted molar refractivity (Wildman–Crippen MR) is 94.5 cm³/mol. The second-order valence-electron chi connectivity index (χ2n) is 5.60. The number of hydrogen-bond acceptors (Lipinski definition) is 2. The third-order valence-electron chi connectivity index (χ3n) is 3.77. The van der Waals surface area contributed by atoms with E-state index in [1.54, 1.807) is 12.2 Å². The number of nitrogens with one attached hydrogen (secondary N) is 1. The molecule has 0 aromatic heterocycles. The zero-order valence-electron chi connectivity index (χ0n) is 13.6. The molecule has 7 heteroatoms. The number of amidine groups is 1. The van der Waals surface area contributed by atoms with Crippen LogP contribution < -0.4 is 5.32 Å². The van der Waals surface area contributed by atoms with E-state index in [2.05, 4.69) is 15.3 Å². The molecule has 4 amide bonds. The van der Waals surface area contributed by atoms with Crippen LogP contribution in [0.4, 0.5) is 19.7 Å². The highest BCUT2D eigenvalue weighted by Crippen LogP contribution is 2.21. The lowest BCUT2D eigenvalue weighted by Crippen LogP contribution is -2.47.